The fraction of sp³-hybridized carbons (Fsp3) is 0.161. The number of benzene rings is 3. The highest BCUT2D eigenvalue weighted by Gasteiger charge is 2.34. The van der Waals surface area contributed by atoms with Crippen LogP contribution in [0.3, 0.4) is 0 Å². The van der Waals surface area contributed by atoms with Gasteiger partial charge < -0.3 is 9.64 Å². The highest BCUT2D eigenvalue weighted by atomic mass is 32.2. The van der Waals surface area contributed by atoms with E-state index >= 15 is 0 Å². The normalized spacial score (nSPS) is 13.3. The first-order valence-electron chi connectivity index (χ1n) is 12.6. The lowest BCUT2D eigenvalue weighted by Crippen LogP contribution is -2.50. The van der Waals surface area contributed by atoms with Crippen molar-refractivity contribution in [1.82, 2.24) is 3.97 Å². The van der Waals surface area contributed by atoms with Gasteiger partial charge in [0.05, 0.1) is 34.7 Å². The minimum atomic E-state index is -0.158. The van der Waals surface area contributed by atoms with Crippen LogP contribution < -0.4 is 10.2 Å². The van der Waals surface area contributed by atoms with E-state index in [9.17, 15) is 10.1 Å². The maximum Gasteiger partial charge on any atom is 0.312 e. The Balaban J connectivity index is 1.56. The van der Waals surface area contributed by atoms with Crippen LogP contribution in [0.15, 0.2) is 83.1 Å². The molecule has 194 valence electrons. The Morgan fingerprint density at radius 2 is 1.90 bits per heavy atom. The number of anilines is 1. The van der Waals surface area contributed by atoms with Crippen molar-refractivity contribution in [1.29, 1.82) is 5.26 Å². The summed E-state index contributed by atoms with van der Waals surface area (Å²) in [6, 6.07) is 27.8. The topological polar surface area (TPSA) is 58.3 Å². The number of hydrogen-bond acceptors (Lipinski definition) is 6. The largest absolute Gasteiger partial charge is 0.469 e. The maximum absolute atomic E-state index is 12.0. The van der Waals surface area contributed by atoms with Crippen LogP contribution in [-0.4, -0.2) is 30.1 Å². The summed E-state index contributed by atoms with van der Waals surface area (Å²) in [5, 5.41) is 14.2. The van der Waals surface area contributed by atoms with Gasteiger partial charge in [-0.3, -0.25) is 8.77 Å². The number of fused-ring (bicyclic) bond motifs is 1. The molecule has 1 aliphatic heterocycles. The summed E-state index contributed by atoms with van der Waals surface area (Å²) in [6.45, 7) is 3.38. The zero-order valence-electron chi connectivity index (χ0n) is 21.5. The molecule has 0 radical (unpaired) electrons. The summed E-state index contributed by atoms with van der Waals surface area (Å²) in [4.78, 5) is 16.3. The fourth-order valence-electron chi connectivity index (χ4n) is 5.02. The number of nitriles is 1. The maximum atomic E-state index is 12.0. The second-order valence-corrected chi connectivity index (χ2v) is 12.3. The number of rotatable bonds is 6. The Bertz CT molecular complexity index is 1740. The van der Waals surface area contributed by atoms with E-state index in [2.05, 4.69) is 97.8 Å². The molecule has 8 heteroatoms. The molecular weight excluding hydrogens is 541 g/mol. The second kappa shape index (κ2) is 10.5. The molecule has 5 aromatic rings. The van der Waals surface area contributed by atoms with Gasteiger partial charge in [0.1, 0.15) is 6.07 Å². The van der Waals surface area contributed by atoms with Crippen molar-refractivity contribution in [2.45, 2.75) is 11.8 Å². The number of carbonyl (C=O) groups is 1. The Kier molecular flexibility index (Phi) is 6.95. The molecule has 0 saturated carbocycles. The van der Waals surface area contributed by atoms with Gasteiger partial charge in [-0.05, 0) is 72.0 Å². The van der Waals surface area contributed by atoms with Gasteiger partial charge in [0.2, 0.25) is 0 Å². The van der Waals surface area contributed by atoms with Crippen molar-refractivity contribution in [3.8, 4) is 27.8 Å². The first-order chi connectivity index (χ1) is 19.0. The molecular formula is C31H26N3O2PS2. The average Bonchev–Trinajstić information content (AvgIpc) is 3.51. The van der Waals surface area contributed by atoms with Gasteiger partial charge in [0, 0.05) is 40.2 Å². The van der Waals surface area contributed by atoms with Gasteiger partial charge in [-0.15, -0.1) is 20.6 Å². The number of methoxy groups -OCH3 is 1. The second-order valence-electron chi connectivity index (χ2n) is 9.65. The van der Waals surface area contributed by atoms with Crippen molar-refractivity contribution in [2.24, 2.45) is 5.92 Å². The van der Waals surface area contributed by atoms with E-state index in [0.717, 1.165) is 48.5 Å². The van der Waals surface area contributed by atoms with Crippen LogP contribution in [0, 0.1) is 24.2 Å². The number of aromatic nitrogens is 1. The van der Waals surface area contributed by atoms with E-state index < -0.39 is 0 Å². The monoisotopic (exact) mass is 567 g/mol. The molecule has 1 fully saturated rings. The summed E-state index contributed by atoms with van der Waals surface area (Å²) in [7, 11) is 4.25. The Labute approximate surface area is 238 Å². The number of hydrogen-bond donors (Lipinski definition) is 0. The van der Waals surface area contributed by atoms with E-state index in [1.165, 1.54) is 12.7 Å². The quantitative estimate of drug-likeness (QED) is 0.165. The Hall–Kier alpha value is -3.56. The van der Waals surface area contributed by atoms with Gasteiger partial charge in [0.15, 0.2) is 0 Å². The molecule has 1 saturated heterocycles. The number of nitrogens with zero attached hydrogens (tertiary/aromatic N) is 3. The lowest BCUT2D eigenvalue weighted by molar-refractivity contribution is -0.146. The van der Waals surface area contributed by atoms with Crippen LogP contribution >= 0.6 is 32.5 Å². The third-order valence-corrected chi connectivity index (χ3v) is 9.42. The summed E-state index contributed by atoms with van der Waals surface area (Å²) in [6.07, 6.45) is 0. The molecule has 3 heterocycles. The van der Waals surface area contributed by atoms with Gasteiger partial charge in [-0.1, -0.05) is 35.9 Å². The van der Waals surface area contributed by atoms with Gasteiger partial charge in [0.25, 0.3) is 0 Å². The van der Waals surface area contributed by atoms with E-state index in [4.69, 9.17) is 4.74 Å². The highest BCUT2D eigenvalue weighted by Crippen LogP contribution is 2.47. The van der Waals surface area contributed by atoms with E-state index in [-0.39, 0.29) is 11.9 Å². The first-order valence-corrected chi connectivity index (χ1v) is 14.8. The summed E-state index contributed by atoms with van der Waals surface area (Å²) in [5.41, 5.74) is 7.22. The average molecular weight is 568 g/mol. The molecule has 0 aliphatic carbocycles. The van der Waals surface area contributed by atoms with Crippen molar-refractivity contribution in [2.75, 3.05) is 25.1 Å². The summed E-state index contributed by atoms with van der Waals surface area (Å²) >= 11 is 3.28. The Morgan fingerprint density at radius 1 is 1.10 bits per heavy atom. The predicted octanol–water partition coefficient (Wildman–Crippen LogP) is 6.88. The molecule has 0 bridgehead atoms. The molecule has 1 aliphatic rings. The van der Waals surface area contributed by atoms with Crippen LogP contribution in [0.4, 0.5) is 5.69 Å². The van der Waals surface area contributed by atoms with Gasteiger partial charge >= 0.3 is 5.97 Å². The van der Waals surface area contributed by atoms with Crippen LogP contribution in [0.5, 0.6) is 0 Å². The number of ether oxygens (including phenoxy) is 1. The molecule has 39 heavy (non-hydrogen) atoms. The Morgan fingerprint density at radius 3 is 2.64 bits per heavy atom. The van der Waals surface area contributed by atoms with Gasteiger partial charge in [-0.2, -0.15) is 5.26 Å². The third kappa shape index (κ3) is 4.74. The molecule has 0 spiro atoms. The predicted molar refractivity (Wildman–Crippen MR) is 165 cm³/mol. The molecule has 1 atom stereocenters. The smallest absolute Gasteiger partial charge is 0.312 e. The van der Waals surface area contributed by atoms with Crippen LogP contribution in [0.1, 0.15) is 11.1 Å². The molecule has 6 rings (SSSR count). The SMILES string of the molecule is COC(=O)C1CN(c2cccc(-c3c(-c4sccc4C#N)c4cc(P)ccc4n3Sc3ccc(C)cc3)c2)C1. The van der Waals surface area contributed by atoms with Crippen LogP contribution in [0.2, 0.25) is 0 Å². The molecule has 2 aromatic heterocycles. The van der Waals surface area contributed by atoms with E-state index in [1.54, 1.807) is 23.3 Å². The van der Waals surface area contributed by atoms with Crippen LogP contribution in [0.25, 0.3) is 32.6 Å². The standard InChI is InChI=1S/C31H26N3O2PS2/c1-19-6-9-25(10-7-19)39-34-27-11-8-24(37)15-26(27)28(30-21(16-32)12-13-38-30)29(34)20-4-3-5-23(14-20)33-17-22(18-33)31(35)36-2/h3-15,22H,17-18,37H2,1-2H3. The van der Waals surface area contributed by atoms with Crippen LogP contribution in [-0.2, 0) is 9.53 Å². The molecule has 0 amide bonds. The van der Waals surface area contributed by atoms with Crippen molar-refractivity contribution < 1.29 is 9.53 Å². The number of carbonyl (C=O) groups excluding carboxylic acids is 1. The minimum absolute atomic E-state index is 0.0949. The van der Waals surface area contributed by atoms with E-state index in [0.29, 0.717) is 18.7 Å². The van der Waals surface area contributed by atoms with Gasteiger partial charge in [-0.25, -0.2) is 0 Å². The number of aryl methyl sites for hydroxylation is 1. The number of esters is 1. The molecule has 3 aromatic carbocycles. The third-order valence-electron chi connectivity index (χ3n) is 7.08. The first kappa shape index (κ1) is 25.7. The van der Waals surface area contributed by atoms with E-state index in [1.807, 2.05) is 11.4 Å². The molecule has 5 nitrogen and oxygen atoms in total. The lowest BCUT2D eigenvalue weighted by atomic mass is 9.97. The summed E-state index contributed by atoms with van der Waals surface area (Å²) in [5.74, 6) is -0.253. The summed E-state index contributed by atoms with van der Waals surface area (Å²) < 4.78 is 7.23. The zero-order chi connectivity index (χ0) is 27.1. The minimum Gasteiger partial charge on any atom is -0.469 e. The molecule has 1 unspecified atom stereocenters. The number of thiophene rings is 1. The van der Waals surface area contributed by atoms with Crippen molar-refractivity contribution >= 4 is 60.4 Å². The molecule has 0 N–H and O–H groups in total. The zero-order valence-corrected chi connectivity index (χ0v) is 24.3. The van der Waals surface area contributed by atoms with Crippen molar-refractivity contribution in [3.05, 3.63) is 89.3 Å². The van der Waals surface area contributed by atoms with Crippen molar-refractivity contribution in [3.63, 3.8) is 0 Å². The fourth-order valence-corrected chi connectivity index (χ4v) is 7.20. The lowest BCUT2D eigenvalue weighted by Gasteiger charge is -2.39. The highest BCUT2D eigenvalue weighted by molar-refractivity contribution is 7.98.